The van der Waals surface area contributed by atoms with Gasteiger partial charge in [-0.25, -0.2) is 8.42 Å². The number of sulfonamides is 1. The molecule has 1 amide bonds. The summed E-state index contributed by atoms with van der Waals surface area (Å²) in [5.74, 6) is 0.763. The van der Waals surface area contributed by atoms with Crippen LogP contribution in [0.4, 0.5) is 0 Å². The van der Waals surface area contributed by atoms with E-state index in [4.69, 9.17) is 4.74 Å². The zero-order valence-electron chi connectivity index (χ0n) is 16.1. The molecule has 9 heteroatoms. The van der Waals surface area contributed by atoms with Crippen LogP contribution in [0.2, 0.25) is 0 Å². The maximum Gasteiger partial charge on any atom is 0.256 e. The van der Waals surface area contributed by atoms with Crippen LogP contribution >= 0.6 is 0 Å². The first-order valence-electron chi connectivity index (χ1n) is 9.36. The number of hydrogen-bond acceptors (Lipinski definition) is 6. The number of amides is 1. The highest BCUT2D eigenvalue weighted by Crippen LogP contribution is 2.17. The topological polar surface area (TPSA) is 101 Å². The largest absolute Gasteiger partial charge is 0.489 e. The van der Waals surface area contributed by atoms with E-state index in [-0.39, 0.29) is 18.2 Å². The van der Waals surface area contributed by atoms with Crippen LogP contribution in [-0.4, -0.2) is 42.3 Å². The van der Waals surface area contributed by atoms with Crippen molar-refractivity contribution in [1.82, 2.24) is 15.2 Å². The number of aromatic nitrogens is 1. The number of nitrogens with zero attached hydrogens (tertiary/aromatic N) is 3. The Morgan fingerprint density at radius 2 is 1.97 bits per heavy atom. The van der Waals surface area contributed by atoms with Crippen molar-refractivity contribution in [3.8, 4) is 5.75 Å². The van der Waals surface area contributed by atoms with Gasteiger partial charge in [-0.3, -0.25) is 9.78 Å². The van der Waals surface area contributed by atoms with Gasteiger partial charge in [-0.15, -0.1) is 4.40 Å². The fourth-order valence-electron chi connectivity index (χ4n) is 2.97. The fourth-order valence-corrected chi connectivity index (χ4v) is 3.94. The van der Waals surface area contributed by atoms with E-state index in [1.54, 1.807) is 35.6 Å². The van der Waals surface area contributed by atoms with Gasteiger partial charge in [0.1, 0.15) is 18.2 Å². The zero-order chi connectivity index (χ0) is 21.0. The van der Waals surface area contributed by atoms with Crippen molar-refractivity contribution >= 4 is 21.8 Å². The van der Waals surface area contributed by atoms with Crippen molar-refractivity contribution in [2.24, 2.45) is 4.40 Å². The molecule has 30 heavy (non-hydrogen) atoms. The number of carbonyl (C=O) groups excluding carboxylic acids is 1. The van der Waals surface area contributed by atoms with Gasteiger partial charge in [0.2, 0.25) is 0 Å². The number of nitrogens with one attached hydrogen (secondary N) is 1. The average molecular weight is 424 g/mol. The smallest absolute Gasteiger partial charge is 0.256 e. The first-order valence-corrected chi connectivity index (χ1v) is 11.0. The Hall–Kier alpha value is -3.46. The monoisotopic (exact) mass is 424 g/mol. The lowest BCUT2D eigenvalue weighted by Crippen LogP contribution is -2.38. The lowest BCUT2D eigenvalue weighted by atomic mass is 10.1. The maximum absolute atomic E-state index is 12.5. The molecule has 2 aliphatic heterocycles. The predicted octanol–water partition coefficient (Wildman–Crippen LogP) is 1.77. The van der Waals surface area contributed by atoms with Crippen LogP contribution in [0.15, 0.2) is 77.1 Å². The summed E-state index contributed by atoms with van der Waals surface area (Å²) in [5, 5.41) is 2.87. The van der Waals surface area contributed by atoms with E-state index in [0.29, 0.717) is 24.6 Å². The molecule has 0 aliphatic carbocycles. The number of benzene rings is 1. The summed E-state index contributed by atoms with van der Waals surface area (Å²) in [4.78, 5) is 18.2. The van der Waals surface area contributed by atoms with Crippen LogP contribution in [0.3, 0.4) is 0 Å². The Morgan fingerprint density at radius 1 is 1.13 bits per heavy atom. The summed E-state index contributed by atoms with van der Waals surface area (Å²) >= 11 is 0. The van der Waals surface area contributed by atoms with Gasteiger partial charge in [0.15, 0.2) is 0 Å². The molecule has 0 unspecified atom stereocenters. The van der Waals surface area contributed by atoms with Crippen LogP contribution in [-0.2, 0) is 28.0 Å². The lowest BCUT2D eigenvalue weighted by Gasteiger charge is -2.26. The normalized spacial score (nSPS) is 16.9. The fraction of sp³-hybridized carbons (Fsp3) is 0.190. The molecule has 8 nitrogen and oxygen atoms in total. The number of pyridine rings is 1. The Balaban J connectivity index is 1.30. The average Bonchev–Trinajstić information content (AvgIpc) is 2.76. The number of amidine groups is 1. The summed E-state index contributed by atoms with van der Waals surface area (Å²) in [6.07, 6.45) is 8.21. The third-order valence-corrected chi connectivity index (χ3v) is 5.75. The van der Waals surface area contributed by atoms with Gasteiger partial charge in [-0.1, -0.05) is 18.2 Å². The van der Waals surface area contributed by atoms with Gasteiger partial charge in [0.05, 0.1) is 11.3 Å². The van der Waals surface area contributed by atoms with Crippen molar-refractivity contribution < 1.29 is 17.9 Å². The molecule has 0 bridgehead atoms. The molecule has 154 valence electrons. The SMILES string of the molecule is O=C(NCc1ccc(OCc2cccnc2)cc1)C1=CN2CCS(=O)(=O)N=C2C=C1. The standard InChI is InChI=1S/C21H20N4O4S/c26-21(18-5-8-20-24-30(27,28)11-10-25(20)14-18)23-13-16-3-6-19(7-4-16)29-15-17-2-1-9-22-12-17/h1-9,12,14H,10-11,13,15H2,(H,23,26). The van der Waals surface area contributed by atoms with E-state index in [2.05, 4.69) is 14.7 Å². The number of carbonyl (C=O) groups is 1. The van der Waals surface area contributed by atoms with Gasteiger partial charge in [0.25, 0.3) is 15.9 Å². The van der Waals surface area contributed by atoms with E-state index >= 15 is 0 Å². The number of fused-ring (bicyclic) bond motifs is 1. The predicted molar refractivity (Wildman–Crippen MR) is 112 cm³/mol. The first-order chi connectivity index (χ1) is 14.5. The third-order valence-electron chi connectivity index (χ3n) is 4.59. The van der Waals surface area contributed by atoms with Crippen LogP contribution in [0.5, 0.6) is 5.75 Å². The quantitative estimate of drug-likeness (QED) is 0.759. The molecule has 0 saturated heterocycles. The Labute approximate surface area is 174 Å². The van der Waals surface area contributed by atoms with Crippen molar-refractivity contribution in [3.63, 3.8) is 0 Å². The molecule has 1 aromatic heterocycles. The van der Waals surface area contributed by atoms with Gasteiger partial charge in [-0.05, 0) is 35.9 Å². The second kappa shape index (κ2) is 8.50. The Morgan fingerprint density at radius 3 is 2.73 bits per heavy atom. The van der Waals surface area contributed by atoms with E-state index in [1.165, 1.54) is 0 Å². The minimum Gasteiger partial charge on any atom is -0.489 e. The van der Waals surface area contributed by atoms with Crippen LogP contribution < -0.4 is 10.1 Å². The molecule has 2 aliphatic rings. The Bertz CT molecular complexity index is 1120. The first kappa shape index (κ1) is 19.8. The molecule has 1 N–H and O–H groups in total. The van der Waals surface area contributed by atoms with Crippen LogP contribution in [0.25, 0.3) is 0 Å². The van der Waals surface area contributed by atoms with Crippen molar-refractivity contribution in [2.45, 2.75) is 13.2 Å². The molecule has 2 aromatic rings. The van der Waals surface area contributed by atoms with Gasteiger partial charge >= 0.3 is 0 Å². The molecule has 3 heterocycles. The molecule has 4 rings (SSSR count). The zero-order valence-corrected chi connectivity index (χ0v) is 16.9. The summed E-state index contributed by atoms with van der Waals surface area (Å²) in [5.41, 5.74) is 2.37. The molecule has 0 atom stereocenters. The highest BCUT2D eigenvalue weighted by atomic mass is 32.2. The van der Waals surface area contributed by atoms with E-state index in [9.17, 15) is 13.2 Å². The molecule has 1 aromatic carbocycles. The van der Waals surface area contributed by atoms with Gasteiger partial charge in [-0.2, -0.15) is 0 Å². The molecule has 0 spiro atoms. The lowest BCUT2D eigenvalue weighted by molar-refractivity contribution is -0.117. The summed E-state index contributed by atoms with van der Waals surface area (Å²) in [6.45, 7) is 1.08. The van der Waals surface area contributed by atoms with Crippen LogP contribution in [0.1, 0.15) is 11.1 Å². The minimum atomic E-state index is -3.41. The second-order valence-corrected chi connectivity index (χ2v) is 8.58. The van der Waals surface area contributed by atoms with Crippen molar-refractivity contribution in [2.75, 3.05) is 12.3 Å². The van der Waals surface area contributed by atoms with Crippen molar-refractivity contribution in [3.05, 3.63) is 83.8 Å². The molecular formula is C21H20N4O4S. The van der Waals surface area contributed by atoms with E-state index < -0.39 is 10.0 Å². The number of hydrogen-bond donors (Lipinski definition) is 1. The summed E-state index contributed by atoms with van der Waals surface area (Å²) < 4.78 is 32.5. The molecule has 0 fully saturated rings. The van der Waals surface area contributed by atoms with Crippen LogP contribution in [0, 0.1) is 0 Å². The Kier molecular flexibility index (Phi) is 5.62. The highest BCUT2D eigenvalue weighted by Gasteiger charge is 2.24. The van der Waals surface area contributed by atoms with E-state index in [1.807, 2.05) is 36.4 Å². The molecule has 0 saturated carbocycles. The van der Waals surface area contributed by atoms with Gasteiger partial charge in [0, 0.05) is 37.2 Å². The molecule has 0 radical (unpaired) electrons. The van der Waals surface area contributed by atoms with Crippen molar-refractivity contribution in [1.29, 1.82) is 0 Å². The second-order valence-electron chi connectivity index (χ2n) is 6.82. The minimum absolute atomic E-state index is 0.0645. The summed E-state index contributed by atoms with van der Waals surface area (Å²) in [7, 11) is -3.41. The highest BCUT2D eigenvalue weighted by molar-refractivity contribution is 7.90. The van der Waals surface area contributed by atoms with E-state index in [0.717, 1.165) is 16.9 Å². The summed E-state index contributed by atoms with van der Waals surface area (Å²) in [6, 6.07) is 11.3. The van der Waals surface area contributed by atoms with Gasteiger partial charge < -0.3 is 15.0 Å². The maximum atomic E-state index is 12.5. The molecular weight excluding hydrogens is 404 g/mol. The number of ether oxygens (including phenoxy) is 1. The number of rotatable bonds is 6. The third kappa shape index (κ3) is 4.93.